The summed E-state index contributed by atoms with van der Waals surface area (Å²) in [6.45, 7) is 4.49. The smallest absolute Gasteiger partial charge is 0.191 e. The predicted octanol–water partition coefficient (Wildman–Crippen LogP) is 3.46. The SMILES string of the molecule is CN=C(NCC1CCN(C)CC1)NCC1(c2cccs2)CCCCC1. The van der Waals surface area contributed by atoms with Crippen molar-refractivity contribution >= 4 is 17.3 Å². The van der Waals surface area contributed by atoms with Crippen molar-refractivity contribution < 1.29 is 0 Å². The van der Waals surface area contributed by atoms with Crippen molar-refractivity contribution in [2.75, 3.05) is 40.3 Å². The molecule has 1 aromatic rings. The minimum atomic E-state index is 0.303. The molecule has 0 radical (unpaired) electrons. The third-order valence-corrected chi connectivity index (χ3v) is 7.18. The Morgan fingerprint density at radius 2 is 2.00 bits per heavy atom. The highest BCUT2D eigenvalue weighted by atomic mass is 32.1. The molecule has 2 fully saturated rings. The highest BCUT2D eigenvalue weighted by molar-refractivity contribution is 7.10. The van der Waals surface area contributed by atoms with Crippen LogP contribution in [-0.4, -0.2) is 51.1 Å². The number of thiophene rings is 1. The van der Waals surface area contributed by atoms with E-state index in [-0.39, 0.29) is 0 Å². The molecule has 0 bridgehead atoms. The van der Waals surface area contributed by atoms with E-state index in [0.29, 0.717) is 5.41 Å². The normalized spacial score (nSPS) is 22.7. The van der Waals surface area contributed by atoms with Crippen molar-refractivity contribution in [2.45, 2.75) is 50.4 Å². The van der Waals surface area contributed by atoms with Crippen LogP contribution in [0, 0.1) is 5.92 Å². The van der Waals surface area contributed by atoms with Gasteiger partial charge in [-0.15, -0.1) is 11.3 Å². The first-order chi connectivity index (χ1) is 12.2. The fourth-order valence-electron chi connectivity index (χ4n) is 4.30. The van der Waals surface area contributed by atoms with Gasteiger partial charge in [0.2, 0.25) is 0 Å². The number of piperidine rings is 1. The van der Waals surface area contributed by atoms with E-state index in [9.17, 15) is 0 Å². The molecule has 1 aliphatic carbocycles. The summed E-state index contributed by atoms with van der Waals surface area (Å²) >= 11 is 1.92. The van der Waals surface area contributed by atoms with Gasteiger partial charge in [0, 0.05) is 30.4 Å². The standard InChI is InChI=1S/C20H34N4S/c1-21-19(22-15-17-8-12-24(2)13-9-17)23-16-20(10-4-3-5-11-20)18-7-6-14-25-18/h6-7,14,17H,3-5,8-13,15-16H2,1-2H3,(H2,21,22,23). The summed E-state index contributed by atoms with van der Waals surface area (Å²) in [5.74, 6) is 1.75. The molecule has 0 aromatic carbocycles. The summed E-state index contributed by atoms with van der Waals surface area (Å²) in [5.41, 5.74) is 0.303. The Balaban J connectivity index is 1.52. The van der Waals surface area contributed by atoms with E-state index in [1.54, 1.807) is 4.88 Å². The van der Waals surface area contributed by atoms with Gasteiger partial charge in [-0.2, -0.15) is 0 Å². The lowest BCUT2D eigenvalue weighted by molar-refractivity contribution is 0.220. The second-order valence-corrected chi connectivity index (χ2v) is 8.82. The third-order valence-electron chi connectivity index (χ3n) is 6.07. The van der Waals surface area contributed by atoms with Crippen molar-refractivity contribution in [3.05, 3.63) is 22.4 Å². The molecule has 1 aliphatic heterocycles. The lowest BCUT2D eigenvalue weighted by Gasteiger charge is -2.37. The van der Waals surface area contributed by atoms with E-state index in [0.717, 1.165) is 25.0 Å². The average Bonchev–Trinajstić information content (AvgIpc) is 3.19. The van der Waals surface area contributed by atoms with Gasteiger partial charge in [-0.3, -0.25) is 4.99 Å². The molecular formula is C20H34N4S. The van der Waals surface area contributed by atoms with E-state index >= 15 is 0 Å². The van der Waals surface area contributed by atoms with Crippen LogP contribution in [0.4, 0.5) is 0 Å². The molecule has 2 aliphatic rings. The molecule has 2 heterocycles. The fraction of sp³-hybridized carbons (Fsp3) is 0.750. The molecule has 1 saturated carbocycles. The van der Waals surface area contributed by atoms with Crippen molar-refractivity contribution in [1.82, 2.24) is 15.5 Å². The van der Waals surface area contributed by atoms with E-state index in [1.165, 1.54) is 58.0 Å². The summed E-state index contributed by atoms with van der Waals surface area (Å²) < 4.78 is 0. The van der Waals surface area contributed by atoms with E-state index in [4.69, 9.17) is 0 Å². The number of nitrogens with zero attached hydrogens (tertiary/aromatic N) is 2. The van der Waals surface area contributed by atoms with Crippen LogP contribution in [0.25, 0.3) is 0 Å². The van der Waals surface area contributed by atoms with Crippen molar-refractivity contribution in [3.8, 4) is 0 Å². The van der Waals surface area contributed by atoms with E-state index in [1.807, 2.05) is 18.4 Å². The highest BCUT2D eigenvalue weighted by Gasteiger charge is 2.34. The second-order valence-electron chi connectivity index (χ2n) is 7.87. The van der Waals surface area contributed by atoms with Crippen LogP contribution in [0.2, 0.25) is 0 Å². The molecule has 2 N–H and O–H groups in total. The third kappa shape index (κ3) is 4.98. The lowest BCUT2D eigenvalue weighted by atomic mass is 9.73. The Bertz CT molecular complexity index is 526. The maximum Gasteiger partial charge on any atom is 0.191 e. The van der Waals surface area contributed by atoms with Crippen molar-refractivity contribution in [2.24, 2.45) is 10.9 Å². The Hall–Kier alpha value is -1.07. The number of hydrogen-bond donors (Lipinski definition) is 2. The number of guanidine groups is 1. The molecular weight excluding hydrogens is 328 g/mol. The van der Waals surface area contributed by atoms with Crippen LogP contribution in [0.5, 0.6) is 0 Å². The molecule has 25 heavy (non-hydrogen) atoms. The first kappa shape index (κ1) is 18.7. The van der Waals surface area contributed by atoms with Gasteiger partial charge in [-0.05, 0) is 63.2 Å². The summed E-state index contributed by atoms with van der Waals surface area (Å²) in [7, 11) is 4.11. The zero-order valence-electron chi connectivity index (χ0n) is 15.9. The van der Waals surface area contributed by atoms with Crippen LogP contribution in [-0.2, 0) is 5.41 Å². The molecule has 3 rings (SSSR count). The molecule has 0 atom stereocenters. The van der Waals surface area contributed by atoms with Gasteiger partial charge in [0.25, 0.3) is 0 Å². The molecule has 0 unspecified atom stereocenters. The first-order valence-corrected chi connectivity index (χ1v) is 10.8. The van der Waals surface area contributed by atoms with Crippen LogP contribution in [0.15, 0.2) is 22.5 Å². The minimum absolute atomic E-state index is 0.303. The van der Waals surface area contributed by atoms with Crippen LogP contribution in [0.1, 0.15) is 49.8 Å². The number of likely N-dealkylation sites (tertiary alicyclic amines) is 1. The molecule has 5 heteroatoms. The average molecular weight is 363 g/mol. The van der Waals surface area contributed by atoms with Gasteiger partial charge in [-0.25, -0.2) is 0 Å². The van der Waals surface area contributed by atoms with Crippen LogP contribution in [0.3, 0.4) is 0 Å². The van der Waals surface area contributed by atoms with Crippen molar-refractivity contribution in [1.29, 1.82) is 0 Å². The highest BCUT2D eigenvalue weighted by Crippen LogP contribution is 2.41. The number of nitrogens with one attached hydrogen (secondary N) is 2. The largest absolute Gasteiger partial charge is 0.356 e. The Morgan fingerprint density at radius 1 is 1.24 bits per heavy atom. The molecule has 1 saturated heterocycles. The number of hydrogen-bond acceptors (Lipinski definition) is 3. The van der Waals surface area contributed by atoms with Gasteiger partial charge in [-0.1, -0.05) is 25.3 Å². The van der Waals surface area contributed by atoms with E-state index < -0.39 is 0 Å². The maximum atomic E-state index is 4.47. The van der Waals surface area contributed by atoms with Gasteiger partial charge in [0.15, 0.2) is 5.96 Å². The number of rotatable bonds is 5. The second kappa shape index (κ2) is 9.04. The first-order valence-electron chi connectivity index (χ1n) is 9.89. The Morgan fingerprint density at radius 3 is 2.64 bits per heavy atom. The molecule has 0 amide bonds. The van der Waals surface area contributed by atoms with Gasteiger partial charge < -0.3 is 15.5 Å². The molecule has 1 aromatic heterocycles. The van der Waals surface area contributed by atoms with Gasteiger partial charge in [0.05, 0.1) is 0 Å². The fourth-order valence-corrected chi connectivity index (χ4v) is 5.29. The van der Waals surface area contributed by atoms with Crippen LogP contribution < -0.4 is 10.6 Å². The molecule has 0 spiro atoms. The minimum Gasteiger partial charge on any atom is -0.356 e. The topological polar surface area (TPSA) is 39.7 Å². The molecule has 4 nitrogen and oxygen atoms in total. The summed E-state index contributed by atoms with van der Waals surface area (Å²) in [4.78, 5) is 8.45. The lowest BCUT2D eigenvalue weighted by Crippen LogP contribution is -2.47. The van der Waals surface area contributed by atoms with Crippen molar-refractivity contribution in [3.63, 3.8) is 0 Å². The van der Waals surface area contributed by atoms with Crippen LogP contribution >= 0.6 is 11.3 Å². The van der Waals surface area contributed by atoms with Gasteiger partial charge in [0.1, 0.15) is 0 Å². The molecule has 140 valence electrons. The summed E-state index contributed by atoms with van der Waals surface area (Å²) in [5, 5.41) is 9.45. The van der Waals surface area contributed by atoms with Gasteiger partial charge >= 0.3 is 0 Å². The summed E-state index contributed by atoms with van der Waals surface area (Å²) in [6, 6.07) is 4.52. The number of aliphatic imine (C=N–C) groups is 1. The quantitative estimate of drug-likeness (QED) is 0.622. The zero-order valence-corrected chi connectivity index (χ0v) is 16.7. The summed E-state index contributed by atoms with van der Waals surface area (Å²) in [6.07, 6.45) is 9.26. The van der Waals surface area contributed by atoms with E-state index in [2.05, 4.69) is 45.1 Å². The maximum absolute atomic E-state index is 4.47. The zero-order chi connectivity index (χ0) is 17.5. The monoisotopic (exact) mass is 362 g/mol. The Labute approximate surface area is 157 Å². The predicted molar refractivity (Wildman–Crippen MR) is 109 cm³/mol. The Kier molecular flexibility index (Phi) is 6.77.